The SMILES string of the molecule is N#COS(=O)(=O)O. The topological polar surface area (TPSA) is 87.4 Å². The summed E-state index contributed by atoms with van der Waals surface area (Å²) in [6.07, 6.45) is 0.770. The number of nitrogens with zero attached hydrogens (tertiary/aromatic N) is 1. The van der Waals surface area contributed by atoms with Gasteiger partial charge in [-0.15, -0.1) is 5.26 Å². The van der Waals surface area contributed by atoms with E-state index in [2.05, 4.69) is 4.18 Å². The minimum Gasteiger partial charge on any atom is -0.281 e. The smallest absolute Gasteiger partial charge is 0.281 e. The van der Waals surface area contributed by atoms with Crippen LogP contribution >= 0.6 is 0 Å². The molecule has 0 heterocycles. The van der Waals surface area contributed by atoms with Crippen molar-refractivity contribution in [2.75, 3.05) is 0 Å². The van der Waals surface area contributed by atoms with E-state index in [-0.39, 0.29) is 0 Å². The average Bonchev–Trinajstić information content (AvgIpc) is 1.30. The molecule has 0 rings (SSSR count). The first kappa shape index (κ1) is 6.20. The summed E-state index contributed by atoms with van der Waals surface area (Å²) in [6.45, 7) is 0. The average molecular weight is 123 g/mol. The minimum atomic E-state index is -4.54. The van der Waals surface area contributed by atoms with Crippen LogP contribution in [0.3, 0.4) is 0 Å². The van der Waals surface area contributed by atoms with Gasteiger partial charge in [0.05, 0.1) is 0 Å². The van der Waals surface area contributed by atoms with Gasteiger partial charge in [-0.1, -0.05) is 0 Å². The molecule has 7 heavy (non-hydrogen) atoms. The predicted octanol–water partition coefficient (Wildman–Crippen LogP) is -0.713. The second-order valence-corrected chi connectivity index (χ2v) is 1.62. The van der Waals surface area contributed by atoms with Gasteiger partial charge >= 0.3 is 16.7 Å². The van der Waals surface area contributed by atoms with E-state index in [1.54, 1.807) is 0 Å². The van der Waals surface area contributed by atoms with Gasteiger partial charge in [0.25, 0.3) is 0 Å². The van der Waals surface area contributed by atoms with Crippen molar-refractivity contribution in [2.24, 2.45) is 0 Å². The highest BCUT2D eigenvalue weighted by Gasteiger charge is 1.99. The molecule has 0 aromatic heterocycles. The van der Waals surface area contributed by atoms with Crippen molar-refractivity contribution in [1.29, 1.82) is 5.26 Å². The fourth-order valence-electron chi connectivity index (χ4n) is 0.0471. The van der Waals surface area contributed by atoms with Crippen LogP contribution in [-0.4, -0.2) is 13.0 Å². The molecule has 0 unspecified atom stereocenters. The molecule has 0 bridgehead atoms. The zero-order chi connectivity index (χ0) is 5.91. The maximum Gasteiger partial charge on any atom is 0.456 e. The monoisotopic (exact) mass is 123 g/mol. The molecule has 1 N–H and O–H groups in total. The lowest BCUT2D eigenvalue weighted by Crippen LogP contribution is -1.96. The van der Waals surface area contributed by atoms with Crippen LogP contribution in [0, 0.1) is 11.5 Å². The molecule has 5 nitrogen and oxygen atoms in total. The Morgan fingerprint density at radius 1 is 1.71 bits per heavy atom. The van der Waals surface area contributed by atoms with Crippen molar-refractivity contribution < 1.29 is 17.2 Å². The standard InChI is InChI=1S/CHNO4S/c2-1-6-7(3,4)5/h(H,3,4,5). The molecule has 6 heteroatoms. The zero-order valence-electron chi connectivity index (χ0n) is 3.03. The molecular weight excluding hydrogens is 122 g/mol. The molecular formula is CHNO4S. The van der Waals surface area contributed by atoms with Crippen molar-refractivity contribution in [3.8, 4) is 6.26 Å². The van der Waals surface area contributed by atoms with Gasteiger partial charge in [-0.2, -0.15) is 8.42 Å². The third-order valence-corrected chi connectivity index (χ3v) is 0.428. The molecule has 0 saturated carbocycles. The van der Waals surface area contributed by atoms with Crippen LogP contribution in [0.25, 0.3) is 0 Å². The Morgan fingerprint density at radius 3 is 2.14 bits per heavy atom. The largest absolute Gasteiger partial charge is 0.456 e. The molecule has 0 aromatic rings. The van der Waals surface area contributed by atoms with Gasteiger partial charge in [0.1, 0.15) is 0 Å². The number of nitriles is 1. The Balaban J connectivity index is 3.92. The summed E-state index contributed by atoms with van der Waals surface area (Å²) < 4.78 is 29.3. The summed E-state index contributed by atoms with van der Waals surface area (Å²) in [7, 11) is -4.54. The fraction of sp³-hybridized carbons (Fsp3) is 0. The van der Waals surface area contributed by atoms with E-state index in [0.717, 1.165) is 6.26 Å². The first-order chi connectivity index (χ1) is 3.06. The molecule has 0 atom stereocenters. The van der Waals surface area contributed by atoms with Crippen molar-refractivity contribution in [1.82, 2.24) is 0 Å². The molecule has 0 aliphatic heterocycles. The second-order valence-electron chi connectivity index (χ2n) is 0.602. The maximum atomic E-state index is 9.34. The summed E-state index contributed by atoms with van der Waals surface area (Å²) in [6, 6.07) is 0. The zero-order valence-corrected chi connectivity index (χ0v) is 3.84. The molecule has 0 aliphatic carbocycles. The van der Waals surface area contributed by atoms with E-state index in [1.165, 1.54) is 0 Å². The Labute approximate surface area is 40.1 Å². The summed E-state index contributed by atoms with van der Waals surface area (Å²) in [4.78, 5) is 0. The van der Waals surface area contributed by atoms with Gasteiger partial charge in [-0.25, -0.2) is 0 Å². The van der Waals surface area contributed by atoms with Crippen LogP contribution in [-0.2, 0) is 14.6 Å². The van der Waals surface area contributed by atoms with E-state index >= 15 is 0 Å². The molecule has 0 saturated heterocycles. The van der Waals surface area contributed by atoms with E-state index < -0.39 is 10.4 Å². The summed E-state index contributed by atoms with van der Waals surface area (Å²) in [5, 5.41) is 7.39. The minimum absolute atomic E-state index is 0.770. The van der Waals surface area contributed by atoms with Crippen molar-refractivity contribution in [3.05, 3.63) is 0 Å². The van der Waals surface area contributed by atoms with Crippen LogP contribution < -0.4 is 0 Å². The second kappa shape index (κ2) is 1.77. The van der Waals surface area contributed by atoms with Crippen molar-refractivity contribution in [2.45, 2.75) is 0 Å². The lowest BCUT2D eigenvalue weighted by Gasteiger charge is -1.80. The summed E-state index contributed by atoms with van der Waals surface area (Å²) in [5.74, 6) is 0. The fourth-order valence-corrected chi connectivity index (χ4v) is 0.141. The lowest BCUT2D eigenvalue weighted by atomic mass is 11.6. The van der Waals surface area contributed by atoms with Gasteiger partial charge < -0.3 is 0 Å². The Hall–Kier alpha value is -0.800. The quantitative estimate of drug-likeness (QED) is 0.367. The highest BCUT2D eigenvalue weighted by molar-refractivity contribution is 7.81. The number of hydrogen-bond donors (Lipinski definition) is 1. The maximum absolute atomic E-state index is 9.34. The molecule has 40 valence electrons. The van der Waals surface area contributed by atoms with Gasteiger partial charge in [-0.05, 0) is 0 Å². The third kappa shape index (κ3) is 5.20. The number of rotatable bonds is 1. The summed E-state index contributed by atoms with van der Waals surface area (Å²) >= 11 is 0. The highest BCUT2D eigenvalue weighted by Crippen LogP contribution is 1.78. The van der Waals surface area contributed by atoms with Crippen LogP contribution in [0.4, 0.5) is 0 Å². The molecule has 0 fully saturated rings. The highest BCUT2D eigenvalue weighted by atomic mass is 32.3. The Kier molecular flexibility index (Phi) is 1.57. The van der Waals surface area contributed by atoms with E-state index in [0.29, 0.717) is 0 Å². The van der Waals surface area contributed by atoms with Crippen molar-refractivity contribution in [3.63, 3.8) is 0 Å². The Morgan fingerprint density at radius 2 is 2.14 bits per heavy atom. The Bertz CT molecular complexity index is 172. The van der Waals surface area contributed by atoms with Gasteiger partial charge in [0.15, 0.2) is 0 Å². The normalized spacial score (nSPS) is 9.71. The van der Waals surface area contributed by atoms with E-state index in [4.69, 9.17) is 9.81 Å². The van der Waals surface area contributed by atoms with Crippen LogP contribution in [0.5, 0.6) is 0 Å². The molecule has 0 aliphatic rings. The van der Waals surface area contributed by atoms with Crippen LogP contribution in [0.15, 0.2) is 0 Å². The molecule has 0 radical (unpaired) electrons. The third-order valence-electron chi connectivity index (χ3n) is 0.143. The lowest BCUT2D eigenvalue weighted by molar-refractivity contribution is 0.367. The van der Waals surface area contributed by atoms with E-state index in [1.807, 2.05) is 0 Å². The first-order valence-corrected chi connectivity index (χ1v) is 2.48. The molecule has 0 amide bonds. The first-order valence-electron chi connectivity index (χ1n) is 1.11. The number of hydrogen-bond acceptors (Lipinski definition) is 4. The molecule has 0 spiro atoms. The van der Waals surface area contributed by atoms with Gasteiger partial charge in [-0.3, -0.25) is 8.74 Å². The van der Waals surface area contributed by atoms with E-state index in [9.17, 15) is 8.42 Å². The van der Waals surface area contributed by atoms with Crippen LogP contribution in [0.2, 0.25) is 0 Å². The van der Waals surface area contributed by atoms with Crippen LogP contribution in [0.1, 0.15) is 0 Å². The molecule has 0 aromatic carbocycles. The van der Waals surface area contributed by atoms with Gasteiger partial charge in [0, 0.05) is 0 Å². The summed E-state index contributed by atoms with van der Waals surface area (Å²) in [5.41, 5.74) is 0. The predicted molar refractivity (Wildman–Crippen MR) is 18.2 cm³/mol. The van der Waals surface area contributed by atoms with Crippen molar-refractivity contribution >= 4 is 10.4 Å². The van der Waals surface area contributed by atoms with Gasteiger partial charge in [0.2, 0.25) is 0 Å².